The second kappa shape index (κ2) is 7.40. The number of amides is 2. The molecule has 25 heavy (non-hydrogen) atoms. The summed E-state index contributed by atoms with van der Waals surface area (Å²) in [6.07, 6.45) is 1.67. The average molecular weight is 358 g/mol. The molecular weight excluding hydrogens is 343 g/mol. The van der Waals surface area contributed by atoms with E-state index in [1.165, 1.54) is 12.1 Å². The fourth-order valence-electron chi connectivity index (χ4n) is 2.23. The number of hydrogen-bond donors (Lipinski definition) is 1. The predicted molar refractivity (Wildman–Crippen MR) is 95.7 cm³/mol. The lowest BCUT2D eigenvalue weighted by atomic mass is 10.2. The van der Waals surface area contributed by atoms with Gasteiger partial charge in [0.1, 0.15) is 11.6 Å². The Morgan fingerprint density at radius 3 is 2.44 bits per heavy atom. The van der Waals surface area contributed by atoms with E-state index in [9.17, 15) is 14.0 Å². The molecule has 3 rings (SSSR count). The van der Waals surface area contributed by atoms with Crippen molar-refractivity contribution in [2.75, 3.05) is 19.1 Å². The molecule has 1 fully saturated rings. The summed E-state index contributed by atoms with van der Waals surface area (Å²) in [6.45, 7) is 0.0241. The first-order chi connectivity index (χ1) is 12.1. The number of hydrogen-bond acceptors (Lipinski definition) is 5. The molecule has 0 atom stereocenters. The van der Waals surface area contributed by atoms with Gasteiger partial charge in [-0.25, -0.2) is 4.39 Å². The third kappa shape index (κ3) is 4.00. The first-order valence-electron chi connectivity index (χ1n) is 7.45. The Balaban J connectivity index is 1.68. The minimum atomic E-state index is -0.361. The van der Waals surface area contributed by atoms with Crippen LogP contribution in [0, 0.1) is 5.82 Å². The van der Waals surface area contributed by atoms with Crippen molar-refractivity contribution in [1.29, 1.82) is 0 Å². The van der Waals surface area contributed by atoms with Crippen LogP contribution in [0.4, 0.5) is 14.9 Å². The van der Waals surface area contributed by atoms with Gasteiger partial charge in [0.05, 0.1) is 18.7 Å². The Morgan fingerprint density at radius 2 is 1.80 bits per heavy atom. The van der Waals surface area contributed by atoms with Gasteiger partial charge in [0.25, 0.3) is 11.1 Å². The number of methoxy groups -OCH3 is 1. The van der Waals surface area contributed by atoms with Crippen molar-refractivity contribution < 1.29 is 18.7 Å². The summed E-state index contributed by atoms with van der Waals surface area (Å²) in [7, 11) is 1.58. The Labute approximate surface area is 148 Å². The normalized spacial score (nSPS) is 15.8. The summed E-state index contributed by atoms with van der Waals surface area (Å²) in [5.74, 6) is 0.00771. The van der Waals surface area contributed by atoms with Crippen LogP contribution in [-0.4, -0.2) is 29.8 Å². The lowest BCUT2D eigenvalue weighted by molar-refractivity contribution is -0.122. The maximum atomic E-state index is 12.9. The minimum absolute atomic E-state index is 0.0241. The average Bonchev–Trinajstić information content (AvgIpc) is 2.89. The molecule has 2 aromatic carbocycles. The van der Waals surface area contributed by atoms with Crippen molar-refractivity contribution in [2.24, 2.45) is 0 Å². The molecule has 0 aliphatic carbocycles. The van der Waals surface area contributed by atoms with Crippen molar-refractivity contribution in [3.8, 4) is 5.75 Å². The van der Waals surface area contributed by atoms with Crippen LogP contribution in [0.1, 0.15) is 5.56 Å². The zero-order valence-electron chi connectivity index (χ0n) is 13.4. The molecule has 0 unspecified atom stereocenters. The highest BCUT2D eigenvalue weighted by Crippen LogP contribution is 2.32. The van der Waals surface area contributed by atoms with Gasteiger partial charge < -0.3 is 10.1 Å². The van der Waals surface area contributed by atoms with Gasteiger partial charge in [0.2, 0.25) is 0 Å². The summed E-state index contributed by atoms with van der Waals surface area (Å²) in [5.41, 5.74) is 1.43. The van der Waals surface area contributed by atoms with Crippen molar-refractivity contribution >= 4 is 34.7 Å². The van der Waals surface area contributed by atoms with E-state index in [0.29, 0.717) is 16.3 Å². The molecule has 1 heterocycles. The maximum Gasteiger partial charge on any atom is 0.295 e. The van der Waals surface area contributed by atoms with E-state index in [-0.39, 0.29) is 23.6 Å². The number of carbonyl (C=O) groups is 2. The molecule has 1 saturated heterocycles. The number of nitrogens with one attached hydrogen (secondary N) is 1. The van der Waals surface area contributed by atoms with Gasteiger partial charge in [-0.15, -0.1) is 0 Å². The van der Waals surface area contributed by atoms with Crippen LogP contribution in [0.5, 0.6) is 5.75 Å². The number of benzene rings is 2. The van der Waals surface area contributed by atoms with Crippen molar-refractivity contribution in [1.82, 2.24) is 4.90 Å². The topological polar surface area (TPSA) is 58.6 Å². The Hall–Kier alpha value is -2.80. The zero-order chi connectivity index (χ0) is 17.8. The highest BCUT2D eigenvalue weighted by atomic mass is 32.2. The number of thioether (sulfide) groups is 1. The molecule has 1 aliphatic rings. The van der Waals surface area contributed by atoms with Gasteiger partial charge >= 0.3 is 0 Å². The van der Waals surface area contributed by atoms with E-state index in [0.717, 1.165) is 22.2 Å². The first-order valence-corrected chi connectivity index (χ1v) is 8.27. The molecule has 5 nitrogen and oxygen atoms in total. The molecule has 0 saturated carbocycles. The van der Waals surface area contributed by atoms with Gasteiger partial charge in [0.15, 0.2) is 0 Å². The van der Waals surface area contributed by atoms with Crippen LogP contribution >= 0.6 is 11.8 Å². The van der Waals surface area contributed by atoms with E-state index >= 15 is 0 Å². The molecule has 2 aromatic rings. The lowest BCUT2D eigenvalue weighted by Gasteiger charge is -2.14. The lowest BCUT2D eigenvalue weighted by Crippen LogP contribution is -2.33. The van der Waals surface area contributed by atoms with E-state index < -0.39 is 0 Å². The van der Waals surface area contributed by atoms with Crippen LogP contribution in [0.15, 0.2) is 53.4 Å². The van der Waals surface area contributed by atoms with Crippen LogP contribution < -0.4 is 10.1 Å². The van der Waals surface area contributed by atoms with Gasteiger partial charge in [-0.3, -0.25) is 14.5 Å². The fourth-order valence-corrected chi connectivity index (χ4v) is 3.06. The summed E-state index contributed by atoms with van der Waals surface area (Å²) in [4.78, 5) is 26.0. The number of anilines is 1. The SMILES string of the molecule is COc1ccc(C=C2SC(=O)N(CNc3ccc(F)cc3)C2=O)cc1. The van der Waals surface area contributed by atoms with Crippen LogP contribution in [-0.2, 0) is 4.79 Å². The first kappa shape index (κ1) is 17.0. The van der Waals surface area contributed by atoms with Crippen molar-refractivity contribution in [3.05, 3.63) is 64.8 Å². The zero-order valence-corrected chi connectivity index (χ0v) is 14.2. The number of rotatable bonds is 5. The van der Waals surface area contributed by atoms with E-state index in [1.807, 2.05) is 12.1 Å². The molecule has 128 valence electrons. The van der Waals surface area contributed by atoms with Gasteiger partial charge in [0, 0.05) is 5.69 Å². The Kier molecular flexibility index (Phi) is 5.04. The smallest absolute Gasteiger partial charge is 0.295 e. The van der Waals surface area contributed by atoms with E-state index in [1.54, 1.807) is 37.5 Å². The summed E-state index contributed by atoms with van der Waals surface area (Å²) in [5, 5.41) is 2.59. The largest absolute Gasteiger partial charge is 0.497 e. The summed E-state index contributed by atoms with van der Waals surface area (Å²) >= 11 is 0.891. The third-order valence-corrected chi connectivity index (χ3v) is 4.48. The van der Waals surface area contributed by atoms with Crippen LogP contribution in [0.3, 0.4) is 0 Å². The second-order valence-electron chi connectivity index (χ2n) is 5.22. The van der Waals surface area contributed by atoms with Gasteiger partial charge in [-0.2, -0.15) is 0 Å². The molecule has 2 amide bonds. The standard InChI is InChI=1S/C18H15FN2O3S/c1-24-15-8-2-12(3-9-15)10-16-17(22)21(18(23)25-16)11-20-14-6-4-13(19)5-7-14/h2-10,20H,11H2,1H3. The van der Waals surface area contributed by atoms with E-state index in [2.05, 4.69) is 5.32 Å². The Morgan fingerprint density at radius 1 is 1.12 bits per heavy atom. The predicted octanol–water partition coefficient (Wildman–Crippen LogP) is 3.94. The second-order valence-corrected chi connectivity index (χ2v) is 6.22. The number of halogens is 1. The highest BCUT2D eigenvalue weighted by Gasteiger charge is 2.34. The molecule has 0 bridgehead atoms. The van der Waals surface area contributed by atoms with Gasteiger partial charge in [-0.05, 0) is 59.8 Å². The molecule has 0 radical (unpaired) electrons. The molecule has 0 spiro atoms. The monoisotopic (exact) mass is 358 g/mol. The molecular formula is C18H15FN2O3S. The van der Waals surface area contributed by atoms with Crippen LogP contribution in [0.2, 0.25) is 0 Å². The van der Waals surface area contributed by atoms with Crippen molar-refractivity contribution in [3.63, 3.8) is 0 Å². The van der Waals surface area contributed by atoms with Crippen LogP contribution in [0.25, 0.3) is 6.08 Å². The maximum absolute atomic E-state index is 12.9. The number of ether oxygens (including phenoxy) is 1. The number of carbonyl (C=O) groups excluding carboxylic acids is 2. The fraction of sp³-hybridized carbons (Fsp3) is 0.111. The van der Waals surface area contributed by atoms with Gasteiger partial charge in [-0.1, -0.05) is 12.1 Å². The third-order valence-electron chi connectivity index (χ3n) is 3.57. The molecule has 0 aromatic heterocycles. The molecule has 1 aliphatic heterocycles. The summed E-state index contributed by atoms with van der Waals surface area (Å²) in [6, 6.07) is 12.9. The van der Waals surface area contributed by atoms with Crippen molar-refractivity contribution in [2.45, 2.75) is 0 Å². The molecule has 7 heteroatoms. The quantitative estimate of drug-likeness (QED) is 0.821. The number of imide groups is 1. The minimum Gasteiger partial charge on any atom is -0.497 e. The molecule has 1 N–H and O–H groups in total. The number of nitrogens with zero attached hydrogens (tertiary/aromatic N) is 1. The van der Waals surface area contributed by atoms with E-state index in [4.69, 9.17) is 4.74 Å². The summed E-state index contributed by atoms with van der Waals surface area (Å²) < 4.78 is 18.0. The Bertz CT molecular complexity index is 819. The highest BCUT2D eigenvalue weighted by molar-refractivity contribution is 8.18.